The minimum absolute atomic E-state index is 0.134. The van der Waals surface area contributed by atoms with E-state index in [2.05, 4.69) is 0 Å². The zero-order valence-corrected chi connectivity index (χ0v) is 13.4. The number of nitrogens with zero attached hydrogens (tertiary/aromatic N) is 2. The Morgan fingerprint density at radius 1 is 1.48 bits per heavy atom. The van der Waals surface area contributed by atoms with E-state index in [1.54, 1.807) is 23.1 Å². The number of likely N-dealkylation sites (tertiary alicyclic amines) is 1. The first kappa shape index (κ1) is 16.1. The van der Waals surface area contributed by atoms with Crippen LogP contribution in [0.25, 0.3) is 0 Å². The largest absolute Gasteiger partial charge is 0.497 e. The Bertz CT molecular complexity index is 536. The van der Waals surface area contributed by atoms with Crippen molar-refractivity contribution in [2.75, 3.05) is 40.8 Å². The molecule has 1 aliphatic heterocycles. The van der Waals surface area contributed by atoms with Crippen molar-refractivity contribution in [3.8, 4) is 5.75 Å². The van der Waals surface area contributed by atoms with Crippen molar-refractivity contribution in [2.45, 2.75) is 12.0 Å². The van der Waals surface area contributed by atoms with Gasteiger partial charge in [-0.15, -0.1) is 0 Å². The smallest absolute Gasteiger partial charge is 0.254 e. The van der Waals surface area contributed by atoms with Gasteiger partial charge in [-0.25, -0.2) is 0 Å². The zero-order chi connectivity index (χ0) is 15.6. The van der Waals surface area contributed by atoms with Crippen LogP contribution in [-0.4, -0.2) is 67.3 Å². The number of methoxy groups -OCH3 is 1. The molecule has 1 unspecified atom stereocenters. The quantitative estimate of drug-likeness (QED) is 0.915. The van der Waals surface area contributed by atoms with Crippen LogP contribution in [0.3, 0.4) is 0 Å². The van der Waals surface area contributed by atoms with Gasteiger partial charge in [0.05, 0.1) is 19.3 Å². The standard InChI is InChI=1S/C15H21ClN2O3/c1-17(2)9-15(20)4-5-18(10-15)14(19)11-6-12(16)8-13(7-11)21-3/h6-8,20H,4-5,9-10H2,1-3H3. The summed E-state index contributed by atoms with van der Waals surface area (Å²) in [6.45, 7) is 1.41. The fourth-order valence-electron chi connectivity index (χ4n) is 2.73. The second-order valence-corrected chi connectivity index (χ2v) is 6.26. The first-order chi connectivity index (χ1) is 9.83. The summed E-state index contributed by atoms with van der Waals surface area (Å²) < 4.78 is 5.13. The van der Waals surface area contributed by atoms with E-state index in [4.69, 9.17) is 16.3 Å². The van der Waals surface area contributed by atoms with Crippen LogP contribution in [0.1, 0.15) is 16.8 Å². The number of likely N-dealkylation sites (N-methyl/N-ethyl adjacent to an activating group) is 1. The molecule has 1 saturated heterocycles. The summed E-state index contributed by atoms with van der Waals surface area (Å²) in [6, 6.07) is 4.94. The van der Waals surface area contributed by atoms with Crippen molar-refractivity contribution in [1.29, 1.82) is 0 Å². The molecule has 0 spiro atoms. The highest BCUT2D eigenvalue weighted by molar-refractivity contribution is 6.31. The fraction of sp³-hybridized carbons (Fsp3) is 0.533. The first-order valence-corrected chi connectivity index (χ1v) is 7.22. The Balaban J connectivity index is 2.13. The second kappa shape index (κ2) is 6.22. The molecule has 1 aromatic rings. The van der Waals surface area contributed by atoms with Crippen LogP contribution < -0.4 is 4.74 Å². The number of aliphatic hydroxyl groups is 1. The number of benzene rings is 1. The normalized spacial score (nSPS) is 21.9. The van der Waals surface area contributed by atoms with Gasteiger partial charge in [0, 0.05) is 23.7 Å². The molecule has 116 valence electrons. The summed E-state index contributed by atoms with van der Waals surface area (Å²) in [5.74, 6) is 0.416. The monoisotopic (exact) mass is 312 g/mol. The van der Waals surface area contributed by atoms with Gasteiger partial charge in [0.1, 0.15) is 5.75 Å². The zero-order valence-electron chi connectivity index (χ0n) is 12.6. The number of carbonyl (C=O) groups excluding carboxylic acids is 1. The third-order valence-electron chi connectivity index (χ3n) is 3.58. The van der Waals surface area contributed by atoms with Gasteiger partial charge in [-0.05, 0) is 38.7 Å². The van der Waals surface area contributed by atoms with Crippen LogP contribution in [0.2, 0.25) is 5.02 Å². The van der Waals surface area contributed by atoms with Crippen LogP contribution in [-0.2, 0) is 0 Å². The van der Waals surface area contributed by atoms with Crippen LogP contribution in [0.5, 0.6) is 5.75 Å². The lowest BCUT2D eigenvalue weighted by atomic mass is 10.0. The highest BCUT2D eigenvalue weighted by Gasteiger charge is 2.38. The van der Waals surface area contributed by atoms with E-state index in [-0.39, 0.29) is 5.91 Å². The SMILES string of the molecule is COc1cc(Cl)cc(C(=O)N2CCC(O)(CN(C)C)C2)c1. The van der Waals surface area contributed by atoms with Crippen LogP contribution in [0.15, 0.2) is 18.2 Å². The molecule has 5 nitrogen and oxygen atoms in total. The molecule has 6 heteroatoms. The molecular weight excluding hydrogens is 292 g/mol. The molecule has 0 aromatic heterocycles. The molecule has 0 radical (unpaired) electrons. The lowest BCUT2D eigenvalue weighted by molar-refractivity contribution is 0.0236. The van der Waals surface area contributed by atoms with Crippen molar-refractivity contribution < 1.29 is 14.6 Å². The maximum Gasteiger partial charge on any atom is 0.254 e. The van der Waals surface area contributed by atoms with Gasteiger partial charge in [-0.2, -0.15) is 0 Å². The summed E-state index contributed by atoms with van der Waals surface area (Å²) in [5.41, 5.74) is -0.365. The van der Waals surface area contributed by atoms with Gasteiger partial charge in [0.15, 0.2) is 0 Å². The van der Waals surface area contributed by atoms with Gasteiger partial charge in [-0.3, -0.25) is 4.79 Å². The lowest BCUT2D eigenvalue weighted by Crippen LogP contribution is -2.43. The highest BCUT2D eigenvalue weighted by atomic mass is 35.5. The average Bonchev–Trinajstić information content (AvgIpc) is 2.78. The van der Waals surface area contributed by atoms with Crippen molar-refractivity contribution in [3.63, 3.8) is 0 Å². The second-order valence-electron chi connectivity index (χ2n) is 5.82. The molecule has 0 aliphatic carbocycles. The number of amides is 1. The molecule has 0 bridgehead atoms. The lowest BCUT2D eigenvalue weighted by Gasteiger charge is -2.26. The van der Waals surface area contributed by atoms with Gasteiger partial charge in [0.25, 0.3) is 5.91 Å². The molecule has 1 N–H and O–H groups in total. The van der Waals surface area contributed by atoms with E-state index in [1.807, 2.05) is 19.0 Å². The van der Waals surface area contributed by atoms with E-state index in [0.717, 1.165) is 0 Å². The Labute approximate surface area is 130 Å². The van der Waals surface area contributed by atoms with Gasteiger partial charge < -0.3 is 19.6 Å². The number of rotatable bonds is 4. The van der Waals surface area contributed by atoms with Gasteiger partial charge in [-0.1, -0.05) is 11.6 Å². The number of hydrogen-bond acceptors (Lipinski definition) is 4. The highest BCUT2D eigenvalue weighted by Crippen LogP contribution is 2.26. The third kappa shape index (κ3) is 3.87. The molecule has 2 rings (SSSR count). The summed E-state index contributed by atoms with van der Waals surface area (Å²) in [6.07, 6.45) is 0.578. The van der Waals surface area contributed by atoms with Crippen molar-refractivity contribution in [2.24, 2.45) is 0 Å². The fourth-order valence-corrected chi connectivity index (χ4v) is 2.96. The molecule has 1 atom stereocenters. The summed E-state index contributed by atoms with van der Waals surface area (Å²) in [5, 5.41) is 11.0. The number of halogens is 1. The molecule has 1 amide bonds. The number of carbonyl (C=O) groups is 1. The molecule has 1 aromatic carbocycles. The molecule has 0 saturated carbocycles. The topological polar surface area (TPSA) is 53.0 Å². The summed E-state index contributed by atoms with van der Waals surface area (Å²) in [4.78, 5) is 16.1. The van der Waals surface area contributed by atoms with E-state index in [1.165, 1.54) is 7.11 Å². The Morgan fingerprint density at radius 3 is 2.81 bits per heavy atom. The molecule has 21 heavy (non-hydrogen) atoms. The predicted octanol–water partition coefficient (Wildman–Crippen LogP) is 1.49. The van der Waals surface area contributed by atoms with Crippen LogP contribution >= 0.6 is 11.6 Å². The summed E-state index contributed by atoms with van der Waals surface area (Å²) in [7, 11) is 5.35. The summed E-state index contributed by atoms with van der Waals surface area (Å²) >= 11 is 6.00. The maximum absolute atomic E-state index is 12.5. The number of β-amino-alcohol motifs (C(OH)–C–C–N with tert-alkyl or cyclic N) is 1. The van der Waals surface area contributed by atoms with Crippen molar-refractivity contribution in [3.05, 3.63) is 28.8 Å². The first-order valence-electron chi connectivity index (χ1n) is 6.84. The molecule has 1 aliphatic rings. The molecule has 1 fully saturated rings. The maximum atomic E-state index is 12.5. The van der Waals surface area contributed by atoms with E-state index in [9.17, 15) is 9.90 Å². The molecular formula is C15H21ClN2O3. The predicted molar refractivity (Wildman–Crippen MR) is 82.0 cm³/mol. The Hall–Kier alpha value is -1.30. The third-order valence-corrected chi connectivity index (χ3v) is 3.80. The minimum Gasteiger partial charge on any atom is -0.497 e. The number of hydrogen-bond donors (Lipinski definition) is 1. The molecule has 1 heterocycles. The van der Waals surface area contributed by atoms with Crippen LogP contribution in [0.4, 0.5) is 0 Å². The van der Waals surface area contributed by atoms with Crippen molar-refractivity contribution in [1.82, 2.24) is 9.80 Å². The van der Waals surface area contributed by atoms with Crippen molar-refractivity contribution >= 4 is 17.5 Å². The Morgan fingerprint density at radius 2 is 2.19 bits per heavy atom. The van der Waals surface area contributed by atoms with Gasteiger partial charge >= 0.3 is 0 Å². The van der Waals surface area contributed by atoms with Gasteiger partial charge in [0.2, 0.25) is 0 Å². The van der Waals surface area contributed by atoms with Crippen LogP contribution in [0, 0.1) is 0 Å². The Kier molecular flexibility index (Phi) is 4.76. The van der Waals surface area contributed by atoms with E-state index in [0.29, 0.717) is 42.4 Å². The number of ether oxygens (including phenoxy) is 1. The minimum atomic E-state index is -0.845. The van der Waals surface area contributed by atoms with E-state index >= 15 is 0 Å². The average molecular weight is 313 g/mol. The van der Waals surface area contributed by atoms with E-state index < -0.39 is 5.60 Å².